The Morgan fingerprint density at radius 1 is 1.29 bits per heavy atom. The average molecular weight is 326 g/mol. The molecule has 1 aromatic carbocycles. The predicted octanol–water partition coefficient (Wildman–Crippen LogP) is 0.560. The Bertz CT molecular complexity index is 947. The van der Waals surface area contributed by atoms with Gasteiger partial charge in [-0.15, -0.1) is 0 Å². The van der Waals surface area contributed by atoms with Crippen molar-refractivity contribution in [1.29, 1.82) is 0 Å². The second-order valence-corrected chi connectivity index (χ2v) is 5.98. The minimum Gasteiger partial charge on any atom is -0.332 e. The van der Waals surface area contributed by atoms with Crippen molar-refractivity contribution in [2.75, 3.05) is 26.7 Å². The molecule has 24 heavy (non-hydrogen) atoms. The van der Waals surface area contributed by atoms with E-state index in [4.69, 9.17) is 4.52 Å². The summed E-state index contributed by atoms with van der Waals surface area (Å²) in [7, 11) is 3.82. The van der Waals surface area contributed by atoms with Crippen molar-refractivity contribution in [2.24, 2.45) is 7.05 Å². The van der Waals surface area contributed by atoms with Crippen molar-refractivity contribution in [2.45, 2.75) is 6.04 Å². The van der Waals surface area contributed by atoms with Crippen LogP contribution in [0.2, 0.25) is 0 Å². The number of likely N-dealkylation sites (N-methyl/N-ethyl adjacent to an activating group) is 1. The highest BCUT2D eigenvalue weighted by Gasteiger charge is 2.26. The Labute approximate surface area is 138 Å². The molecule has 1 aliphatic rings. The smallest absolute Gasteiger partial charge is 0.282 e. The van der Waals surface area contributed by atoms with Crippen molar-refractivity contribution in [3.63, 3.8) is 0 Å². The van der Waals surface area contributed by atoms with Gasteiger partial charge < -0.3 is 9.84 Å². The van der Waals surface area contributed by atoms with Gasteiger partial charge in [-0.05, 0) is 19.2 Å². The van der Waals surface area contributed by atoms with E-state index in [-0.39, 0.29) is 23.1 Å². The zero-order chi connectivity index (χ0) is 16.7. The Morgan fingerprint density at radius 2 is 2.12 bits per heavy atom. The highest BCUT2D eigenvalue weighted by Crippen LogP contribution is 2.21. The molecule has 0 radical (unpaired) electrons. The van der Waals surface area contributed by atoms with Crippen molar-refractivity contribution in [1.82, 2.24) is 30.1 Å². The van der Waals surface area contributed by atoms with E-state index >= 15 is 0 Å². The number of aryl methyl sites for hydroxylation is 1. The van der Waals surface area contributed by atoms with Crippen molar-refractivity contribution in [3.05, 3.63) is 40.3 Å². The molecule has 8 heteroatoms. The molecule has 1 fully saturated rings. The number of para-hydroxylation sites is 1. The van der Waals surface area contributed by atoms with Gasteiger partial charge in [0, 0.05) is 32.1 Å². The highest BCUT2D eigenvalue weighted by molar-refractivity contribution is 5.80. The number of piperazine rings is 1. The molecule has 4 rings (SSSR count). The topological polar surface area (TPSA) is 89.1 Å². The Hall–Kier alpha value is -2.58. The zero-order valence-electron chi connectivity index (χ0n) is 13.6. The fourth-order valence-electron chi connectivity index (χ4n) is 3.03. The second kappa shape index (κ2) is 5.81. The maximum atomic E-state index is 12.7. The van der Waals surface area contributed by atoms with Crippen LogP contribution in [0.5, 0.6) is 0 Å². The second-order valence-electron chi connectivity index (χ2n) is 5.98. The van der Waals surface area contributed by atoms with Gasteiger partial charge in [-0.1, -0.05) is 17.3 Å². The Morgan fingerprint density at radius 3 is 2.96 bits per heavy atom. The first kappa shape index (κ1) is 15.0. The summed E-state index contributed by atoms with van der Waals surface area (Å²) in [6, 6.07) is 7.37. The molecule has 1 aliphatic heterocycles. The van der Waals surface area contributed by atoms with E-state index in [1.54, 1.807) is 17.8 Å². The van der Waals surface area contributed by atoms with Crippen LogP contribution in [-0.4, -0.2) is 51.5 Å². The van der Waals surface area contributed by atoms with E-state index in [0.29, 0.717) is 11.2 Å². The van der Waals surface area contributed by atoms with Crippen molar-refractivity contribution >= 4 is 10.9 Å². The van der Waals surface area contributed by atoms with Crippen molar-refractivity contribution in [3.8, 4) is 11.6 Å². The van der Waals surface area contributed by atoms with Crippen molar-refractivity contribution < 1.29 is 4.52 Å². The zero-order valence-corrected chi connectivity index (χ0v) is 13.6. The summed E-state index contributed by atoms with van der Waals surface area (Å²) in [5, 5.41) is 12.3. The standard InChI is InChI=1S/C16H18N6O2/c1-21-8-7-17-9-12(21)15-18-16(24-20-15)13-14(23)10-5-3-4-6-11(10)22(2)19-13/h3-6,12,17H,7-9H2,1-2H3. The molecule has 2 aromatic heterocycles. The van der Waals surface area contributed by atoms with E-state index in [1.165, 1.54) is 0 Å². The molecule has 0 spiro atoms. The molecular weight excluding hydrogens is 308 g/mol. The Kier molecular flexibility index (Phi) is 3.62. The van der Waals surface area contributed by atoms with Gasteiger partial charge in [-0.2, -0.15) is 10.1 Å². The van der Waals surface area contributed by atoms with Crippen LogP contribution in [-0.2, 0) is 7.05 Å². The normalized spacial score (nSPS) is 19.0. The number of hydrogen-bond acceptors (Lipinski definition) is 7. The summed E-state index contributed by atoms with van der Waals surface area (Å²) in [5.74, 6) is 0.729. The van der Waals surface area contributed by atoms with Gasteiger partial charge in [0.2, 0.25) is 5.43 Å². The molecule has 1 saturated heterocycles. The molecule has 3 aromatic rings. The molecule has 1 atom stereocenters. The van der Waals surface area contributed by atoms with Gasteiger partial charge >= 0.3 is 0 Å². The maximum Gasteiger partial charge on any atom is 0.282 e. The van der Waals surface area contributed by atoms with Gasteiger partial charge in [-0.3, -0.25) is 14.4 Å². The lowest BCUT2D eigenvalue weighted by atomic mass is 10.2. The first-order valence-electron chi connectivity index (χ1n) is 7.86. The van der Waals surface area contributed by atoms with Gasteiger partial charge in [0.1, 0.15) is 0 Å². The van der Waals surface area contributed by atoms with Crippen LogP contribution >= 0.6 is 0 Å². The molecule has 8 nitrogen and oxygen atoms in total. The van der Waals surface area contributed by atoms with Crippen LogP contribution in [0.4, 0.5) is 0 Å². The number of rotatable bonds is 2. The van der Waals surface area contributed by atoms with Crippen LogP contribution in [0.25, 0.3) is 22.5 Å². The van der Waals surface area contributed by atoms with Crippen LogP contribution < -0.4 is 10.7 Å². The summed E-state index contributed by atoms with van der Waals surface area (Å²) >= 11 is 0. The third-order valence-corrected chi connectivity index (χ3v) is 4.42. The Balaban J connectivity index is 1.79. The fourth-order valence-corrected chi connectivity index (χ4v) is 3.03. The first-order chi connectivity index (χ1) is 11.6. The van der Waals surface area contributed by atoms with Gasteiger partial charge in [0.15, 0.2) is 11.5 Å². The molecule has 0 amide bonds. The number of fused-ring (bicyclic) bond motifs is 1. The number of aromatic nitrogens is 4. The third-order valence-electron chi connectivity index (χ3n) is 4.42. The summed E-state index contributed by atoms with van der Waals surface area (Å²) in [5.41, 5.74) is 0.748. The molecule has 0 saturated carbocycles. The summed E-state index contributed by atoms with van der Waals surface area (Å²) in [4.78, 5) is 19.3. The van der Waals surface area contributed by atoms with E-state index in [2.05, 4.69) is 25.5 Å². The van der Waals surface area contributed by atoms with Gasteiger partial charge in [-0.25, -0.2) is 0 Å². The lowest BCUT2D eigenvalue weighted by Crippen LogP contribution is -2.44. The molecule has 124 valence electrons. The fraction of sp³-hybridized carbons (Fsp3) is 0.375. The summed E-state index contributed by atoms with van der Waals surface area (Å²) < 4.78 is 7.00. The van der Waals surface area contributed by atoms with Crippen LogP contribution in [0, 0.1) is 0 Å². The molecule has 1 N–H and O–H groups in total. The number of hydrogen-bond donors (Lipinski definition) is 1. The van der Waals surface area contributed by atoms with E-state index in [0.717, 1.165) is 25.2 Å². The van der Waals surface area contributed by atoms with Crippen LogP contribution in [0.15, 0.2) is 33.6 Å². The predicted molar refractivity (Wildman–Crippen MR) is 88.5 cm³/mol. The summed E-state index contributed by atoms with van der Waals surface area (Å²) in [6.07, 6.45) is 0. The van der Waals surface area contributed by atoms with E-state index in [9.17, 15) is 4.79 Å². The average Bonchev–Trinajstić information content (AvgIpc) is 3.08. The first-order valence-corrected chi connectivity index (χ1v) is 7.86. The van der Waals surface area contributed by atoms with Gasteiger partial charge in [0.05, 0.1) is 11.6 Å². The molecule has 0 aliphatic carbocycles. The number of nitrogens with one attached hydrogen (secondary N) is 1. The number of benzene rings is 1. The monoisotopic (exact) mass is 326 g/mol. The largest absolute Gasteiger partial charge is 0.332 e. The van der Waals surface area contributed by atoms with E-state index < -0.39 is 0 Å². The minimum absolute atomic E-state index is 0.0283. The quantitative estimate of drug-likeness (QED) is 0.736. The highest BCUT2D eigenvalue weighted by atomic mass is 16.5. The van der Waals surface area contributed by atoms with Crippen LogP contribution in [0.3, 0.4) is 0 Å². The number of nitrogens with zero attached hydrogens (tertiary/aromatic N) is 5. The lowest BCUT2D eigenvalue weighted by Gasteiger charge is -2.30. The maximum absolute atomic E-state index is 12.7. The van der Waals surface area contributed by atoms with Gasteiger partial charge in [0.25, 0.3) is 5.89 Å². The lowest BCUT2D eigenvalue weighted by molar-refractivity contribution is 0.190. The minimum atomic E-state index is -0.200. The van der Waals surface area contributed by atoms with E-state index in [1.807, 2.05) is 25.2 Å². The summed E-state index contributed by atoms with van der Waals surface area (Å²) in [6.45, 7) is 2.59. The van der Waals surface area contributed by atoms with Crippen LogP contribution in [0.1, 0.15) is 11.9 Å². The molecular formula is C16H18N6O2. The molecule has 1 unspecified atom stereocenters. The third kappa shape index (κ3) is 2.40. The SMILES string of the molecule is CN1CCNCC1c1noc(-c2nn(C)c3ccccc3c2=O)n1. The molecule has 0 bridgehead atoms. The molecule has 3 heterocycles.